The Hall–Kier alpha value is -2.80. The topological polar surface area (TPSA) is 92.4 Å². The van der Waals surface area contributed by atoms with Crippen LogP contribution in [-0.4, -0.2) is 29.2 Å². The van der Waals surface area contributed by atoms with Crippen molar-refractivity contribution in [2.24, 2.45) is 0 Å². The van der Waals surface area contributed by atoms with Crippen molar-refractivity contribution >= 4 is 28.3 Å². The molecule has 0 saturated heterocycles. The van der Waals surface area contributed by atoms with Crippen LogP contribution >= 0.6 is 11.6 Å². The van der Waals surface area contributed by atoms with Gasteiger partial charge in [-0.05, 0) is 6.07 Å². The number of methoxy groups -OCH3 is 2. The maximum absolute atomic E-state index is 6.09. The Morgan fingerprint density at radius 3 is 2.57 bits per heavy atom. The Kier molecular flexibility index (Phi) is 4.03. The van der Waals surface area contributed by atoms with E-state index in [1.807, 2.05) is 0 Å². The van der Waals surface area contributed by atoms with Crippen LogP contribution in [0.4, 0.5) is 5.69 Å². The van der Waals surface area contributed by atoms with Gasteiger partial charge in [-0.2, -0.15) is 0 Å². The zero-order chi connectivity index (χ0) is 16.4. The lowest BCUT2D eigenvalue weighted by atomic mass is 10.3. The smallest absolute Gasteiger partial charge is 0.257 e. The average Bonchev–Trinajstić information content (AvgIpc) is 2.56. The van der Waals surface area contributed by atoms with Gasteiger partial charge in [0, 0.05) is 18.3 Å². The maximum Gasteiger partial charge on any atom is 0.257 e. The molecule has 3 aromatic rings. The highest BCUT2D eigenvalue weighted by Crippen LogP contribution is 2.35. The lowest BCUT2D eigenvalue weighted by Gasteiger charge is -2.11. The van der Waals surface area contributed by atoms with Crippen LogP contribution < -0.4 is 19.9 Å². The first-order valence-electron chi connectivity index (χ1n) is 6.59. The third-order valence-corrected chi connectivity index (χ3v) is 3.33. The second kappa shape index (κ2) is 6.13. The summed E-state index contributed by atoms with van der Waals surface area (Å²) in [6.45, 7) is 0. The summed E-state index contributed by atoms with van der Waals surface area (Å²) in [4.78, 5) is 12.7. The highest BCUT2D eigenvalue weighted by atomic mass is 35.5. The summed E-state index contributed by atoms with van der Waals surface area (Å²) >= 11 is 6.09. The molecule has 23 heavy (non-hydrogen) atoms. The zero-order valence-electron chi connectivity index (χ0n) is 12.4. The molecular formula is C15H13ClN4O3. The molecule has 118 valence electrons. The first kappa shape index (κ1) is 15.1. The molecule has 0 fully saturated rings. The van der Waals surface area contributed by atoms with Crippen LogP contribution in [0.15, 0.2) is 30.6 Å². The third kappa shape index (κ3) is 2.91. The van der Waals surface area contributed by atoms with Crippen LogP contribution in [0.2, 0.25) is 5.02 Å². The van der Waals surface area contributed by atoms with E-state index in [0.29, 0.717) is 39.1 Å². The number of hydrogen-bond acceptors (Lipinski definition) is 7. The van der Waals surface area contributed by atoms with Gasteiger partial charge < -0.3 is 19.9 Å². The standard InChI is InChI=1S/C15H13ClN4O3/c1-21-12-6-10-13(20-15(12)22-2)11(3-4-18-10)23-14-9(16)5-8(17)7-19-14/h3-7H,17H2,1-2H3. The Bertz CT molecular complexity index is 873. The Balaban J connectivity index is 2.10. The summed E-state index contributed by atoms with van der Waals surface area (Å²) in [7, 11) is 3.04. The highest BCUT2D eigenvalue weighted by molar-refractivity contribution is 6.32. The molecule has 7 nitrogen and oxygen atoms in total. The Morgan fingerprint density at radius 1 is 1.04 bits per heavy atom. The van der Waals surface area contributed by atoms with Crippen LogP contribution in [0, 0.1) is 0 Å². The molecule has 0 bridgehead atoms. The number of hydrogen-bond donors (Lipinski definition) is 1. The number of anilines is 1. The average molecular weight is 333 g/mol. The van der Waals surface area contributed by atoms with Gasteiger partial charge in [-0.1, -0.05) is 11.6 Å². The Morgan fingerprint density at radius 2 is 1.87 bits per heavy atom. The molecule has 0 aromatic carbocycles. The predicted molar refractivity (Wildman–Crippen MR) is 86.4 cm³/mol. The first-order valence-corrected chi connectivity index (χ1v) is 6.96. The lowest BCUT2D eigenvalue weighted by molar-refractivity contribution is 0.344. The number of aromatic nitrogens is 3. The fourth-order valence-electron chi connectivity index (χ4n) is 2.01. The van der Waals surface area contributed by atoms with E-state index >= 15 is 0 Å². The number of rotatable bonds is 4. The van der Waals surface area contributed by atoms with E-state index in [1.54, 1.807) is 24.4 Å². The summed E-state index contributed by atoms with van der Waals surface area (Å²) in [6.07, 6.45) is 3.05. The van der Waals surface area contributed by atoms with Crippen LogP contribution in [-0.2, 0) is 0 Å². The molecule has 8 heteroatoms. The summed E-state index contributed by atoms with van der Waals surface area (Å²) in [5.74, 6) is 1.47. The number of nitrogens with two attached hydrogens (primary N) is 1. The molecule has 2 N–H and O–H groups in total. The summed E-state index contributed by atoms with van der Waals surface area (Å²) in [5, 5.41) is 0.301. The van der Waals surface area contributed by atoms with Crippen LogP contribution in [0.5, 0.6) is 23.3 Å². The van der Waals surface area contributed by atoms with E-state index in [9.17, 15) is 0 Å². The second-order valence-electron chi connectivity index (χ2n) is 4.53. The van der Waals surface area contributed by atoms with Gasteiger partial charge >= 0.3 is 0 Å². The van der Waals surface area contributed by atoms with Crippen molar-refractivity contribution < 1.29 is 14.2 Å². The molecule has 3 heterocycles. The fourth-order valence-corrected chi connectivity index (χ4v) is 2.22. The molecule has 0 unspecified atom stereocenters. The van der Waals surface area contributed by atoms with Crippen LogP contribution in [0.25, 0.3) is 11.0 Å². The van der Waals surface area contributed by atoms with Crippen molar-refractivity contribution in [3.8, 4) is 23.3 Å². The number of nitrogens with zero attached hydrogens (tertiary/aromatic N) is 3. The van der Waals surface area contributed by atoms with Gasteiger partial charge in [0.15, 0.2) is 11.5 Å². The monoisotopic (exact) mass is 332 g/mol. The highest BCUT2D eigenvalue weighted by Gasteiger charge is 2.14. The number of pyridine rings is 3. The van der Waals surface area contributed by atoms with Crippen molar-refractivity contribution in [1.29, 1.82) is 0 Å². The van der Waals surface area contributed by atoms with E-state index in [0.717, 1.165) is 0 Å². The van der Waals surface area contributed by atoms with Gasteiger partial charge in [0.2, 0.25) is 5.88 Å². The van der Waals surface area contributed by atoms with Gasteiger partial charge in [0.05, 0.1) is 31.6 Å². The number of ether oxygens (including phenoxy) is 3. The van der Waals surface area contributed by atoms with Gasteiger partial charge in [0.25, 0.3) is 5.88 Å². The van der Waals surface area contributed by atoms with Crippen molar-refractivity contribution in [3.63, 3.8) is 0 Å². The van der Waals surface area contributed by atoms with Gasteiger partial charge in [-0.25, -0.2) is 9.97 Å². The van der Waals surface area contributed by atoms with Crippen LogP contribution in [0.1, 0.15) is 0 Å². The molecule has 3 aromatic heterocycles. The fraction of sp³-hybridized carbons (Fsp3) is 0.133. The number of nitrogen functional groups attached to an aromatic ring is 1. The molecule has 0 aliphatic rings. The van der Waals surface area contributed by atoms with Gasteiger partial charge in [-0.3, -0.25) is 4.98 Å². The van der Waals surface area contributed by atoms with Crippen molar-refractivity contribution in [2.45, 2.75) is 0 Å². The summed E-state index contributed by atoms with van der Waals surface area (Å²) in [5.41, 5.74) is 7.17. The molecule has 0 atom stereocenters. The third-order valence-electron chi connectivity index (χ3n) is 3.06. The van der Waals surface area contributed by atoms with E-state index in [2.05, 4.69) is 15.0 Å². The lowest BCUT2D eigenvalue weighted by Crippen LogP contribution is -1.98. The quantitative estimate of drug-likeness (QED) is 0.784. The summed E-state index contributed by atoms with van der Waals surface area (Å²) < 4.78 is 16.2. The van der Waals surface area contributed by atoms with E-state index < -0.39 is 0 Å². The van der Waals surface area contributed by atoms with E-state index in [1.165, 1.54) is 20.4 Å². The molecule has 0 amide bonds. The zero-order valence-corrected chi connectivity index (χ0v) is 13.2. The normalized spacial score (nSPS) is 10.6. The Labute approximate surface area is 137 Å². The van der Waals surface area contributed by atoms with Gasteiger partial charge in [0.1, 0.15) is 10.5 Å². The molecule has 0 spiro atoms. The molecule has 0 saturated carbocycles. The minimum Gasteiger partial charge on any atom is -0.491 e. The van der Waals surface area contributed by atoms with E-state index in [4.69, 9.17) is 31.5 Å². The van der Waals surface area contributed by atoms with Crippen molar-refractivity contribution in [1.82, 2.24) is 15.0 Å². The molecule has 0 radical (unpaired) electrons. The van der Waals surface area contributed by atoms with Crippen LogP contribution in [0.3, 0.4) is 0 Å². The molecule has 0 aliphatic carbocycles. The number of halogens is 1. The SMILES string of the molecule is COc1cc2nccc(Oc3ncc(N)cc3Cl)c2nc1OC. The minimum atomic E-state index is 0.227. The molecular weight excluding hydrogens is 320 g/mol. The first-order chi connectivity index (χ1) is 11.1. The molecule has 3 rings (SSSR count). The summed E-state index contributed by atoms with van der Waals surface area (Å²) in [6, 6.07) is 4.94. The van der Waals surface area contributed by atoms with Gasteiger partial charge in [-0.15, -0.1) is 0 Å². The molecule has 0 aliphatic heterocycles. The van der Waals surface area contributed by atoms with Crippen molar-refractivity contribution in [2.75, 3.05) is 20.0 Å². The number of fused-ring (bicyclic) bond motifs is 1. The minimum absolute atomic E-state index is 0.227. The maximum atomic E-state index is 6.09. The van der Waals surface area contributed by atoms with Crippen molar-refractivity contribution in [3.05, 3.63) is 35.6 Å². The largest absolute Gasteiger partial charge is 0.491 e. The predicted octanol–water partition coefficient (Wildman–Crippen LogP) is 3.07. The van der Waals surface area contributed by atoms with E-state index in [-0.39, 0.29) is 5.88 Å². The second-order valence-corrected chi connectivity index (χ2v) is 4.94.